The number of nitrogens with one attached hydrogen (secondary N) is 1. The maximum Gasteiger partial charge on any atom is 0.426 e. The highest BCUT2D eigenvalue weighted by atomic mass is 32.2. The van der Waals surface area contributed by atoms with Crippen LogP contribution in [0.3, 0.4) is 0 Å². The standard InChI is InChI=1S/C7H11N3O2S/c1-4-5(13-6(8)11)10(2,3)7(12)9-4/h1-3H3,(H2-,8,9,11,12)/p+1. The number of amides is 3. The van der Waals surface area contributed by atoms with Crippen molar-refractivity contribution >= 4 is 23.0 Å². The maximum absolute atomic E-state index is 11.4. The van der Waals surface area contributed by atoms with Gasteiger partial charge in [-0.3, -0.25) is 10.1 Å². The van der Waals surface area contributed by atoms with Gasteiger partial charge in [-0.05, 0) is 6.92 Å². The number of nitrogens with zero attached hydrogens (tertiary/aromatic N) is 1. The first kappa shape index (κ1) is 10.1. The van der Waals surface area contributed by atoms with E-state index in [9.17, 15) is 9.59 Å². The van der Waals surface area contributed by atoms with E-state index in [1.54, 1.807) is 21.0 Å². The fourth-order valence-corrected chi connectivity index (χ4v) is 1.86. The van der Waals surface area contributed by atoms with E-state index in [-0.39, 0.29) is 10.5 Å². The van der Waals surface area contributed by atoms with Gasteiger partial charge in [0, 0.05) is 11.8 Å². The molecule has 0 aromatic rings. The highest BCUT2D eigenvalue weighted by Gasteiger charge is 2.41. The van der Waals surface area contributed by atoms with Crippen molar-refractivity contribution in [2.45, 2.75) is 6.92 Å². The van der Waals surface area contributed by atoms with Crippen LogP contribution in [-0.4, -0.2) is 29.8 Å². The first-order valence-electron chi connectivity index (χ1n) is 3.70. The third-order valence-electron chi connectivity index (χ3n) is 1.83. The minimum absolute atomic E-state index is 0.0272. The molecule has 13 heavy (non-hydrogen) atoms. The predicted molar refractivity (Wildman–Crippen MR) is 50.5 cm³/mol. The van der Waals surface area contributed by atoms with Gasteiger partial charge in [0.25, 0.3) is 5.24 Å². The van der Waals surface area contributed by atoms with Crippen LogP contribution >= 0.6 is 11.8 Å². The van der Waals surface area contributed by atoms with E-state index >= 15 is 0 Å². The van der Waals surface area contributed by atoms with Crippen molar-refractivity contribution in [3.8, 4) is 0 Å². The van der Waals surface area contributed by atoms with Crippen molar-refractivity contribution in [2.24, 2.45) is 5.73 Å². The summed E-state index contributed by atoms with van der Waals surface area (Å²) in [6.45, 7) is 1.75. The van der Waals surface area contributed by atoms with Crippen LogP contribution in [0.15, 0.2) is 10.7 Å². The smallest absolute Gasteiger partial charge is 0.360 e. The van der Waals surface area contributed by atoms with Crippen LogP contribution in [0.5, 0.6) is 0 Å². The zero-order chi connectivity index (χ0) is 10.2. The lowest BCUT2D eigenvalue weighted by atomic mass is 10.5. The van der Waals surface area contributed by atoms with Gasteiger partial charge >= 0.3 is 6.03 Å². The van der Waals surface area contributed by atoms with Gasteiger partial charge in [-0.25, -0.2) is 9.28 Å². The van der Waals surface area contributed by atoms with E-state index in [2.05, 4.69) is 5.32 Å². The minimum atomic E-state index is -0.503. The Morgan fingerprint density at radius 1 is 1.54 bits per heavy atom. The Labute approximate surface area is 80.5 Å². The van der Waals surface area contributed by atoms with Crippen LogP contribution in [0.4, 0.5) is 9.59 Å². The molecule has 0 aromatic carbocycles. The highest BCUT2D eigenvalue weighted by molar-refractivity contribution is 8.16. The molecule has 1 aliphatic rings. The highest BCUT2D eigenvalue weighted by Crippen LogP contribution is 2.31. The summed E-state index contributed by atoms with van der Waals surface area (Å²) in [5.41, 5.74) is 5.74. The molecule has 0 fully saturated rings. The summed E-state index contributed by atoms with van der Waals surface area (Å²) in [6.07, 6.45) is 0. The van der Waals surface area contributed by atoms with Gasteiger partial charge in [0.05, 0.1) is 19.8 Å². The van der Waals surface area contributed by atoms with Crippen molar-refractivity contribution in [3.63, 3.8) is 0 Å². The van der Waals surface area contributed by atoms with Crippen molar-refractivity contribution < 1.29 is 14.1 Å². The molecular weight excluding hydrogens is 190 g/mol. The second-order valence-corrected chi connectivity index (χ2v) is 4.23. The van der Waals surface area contributed by atoms with Crippen LogP contribution < -0.4 is 11.1 Å². The van der Waals surface area contributed by atoms with Crippen molar-refractivity contribution in [2.75, 3.05) is 14.1 Å². The van der Waals surface area contributed by atoms with Crippen LogP contribution in [-0.2, 0) is 0 Å². The molecule has 72 valence electrons. The molecule has 0 aromatic heterocycles. The number of allylic oxidation sites excluding steroid dienone is 1. The molecule has 0 unspecified atom stereocenters. The maximum atomic E-state index is 11.4. The van der Waals surface area contributed by atoms with E-state index in [1.165, 1.54) is 0 Å². The lowest BCUT2D eigenvalue weighted by Crippen LogP contribution is -2.43. The lowest BCUT2D eigenvalue weighted by molar-refractivity contribution is -0.754. The fraction of sp³-hybridized carbons (Fsp3) is 0.429. The molecule has 0 spiro atoms. The number of hydrogen-bond acceptors (Lipinski definition) is 3. The molecule has 0 radical (unpaired) electrons. The molecule has 0 atom stereocenters. The summed E-state index contributed by atoms with van der Waals surface area (Å²) in [5, 5.41) is 2.79. The number of nitrogens with two attached hydrogens (primary N) is 1. The van der Waals surface area contributed by atoms with Crippen molar-refractivity contribution in [1.29, 1.82) is 0 Å². The normalized spacial score (nSPS) is 20.4. The van der Waals surface area contributed by atoms with Gasteiger partial charge in [0.15, 0.2) is 0 Å². The largest absolute Gasteiger partial charge is 0.426 e. The van der Waals surface area contributed by atoms with Gasteiger partial charge in [-0.15, -0.1) is 0 Å². The first-order chi connectivity index (χ1) is 5.85. The zero-order valence-corrected chi connectivity index (χ0v) is 8.57. The van der Waals surface area contributed by atoms with E-state index in [0.29, 0.717) is 10.7 Å². The molecule has 0 aliphatic carbocycles. The van der Waals surface area contributed by atoms with Crippen molar-refractivity contribution in [1.82, 2.24) is 5.32 Å². The number of urea groups is 1. The summed E-state index contributed by atoms with van der Waals surface area (Å²) < 4.78 is 0.0272. The average molecular weight is 202 g/mol. The monoisotopic (exact) mass is 202 g/mol. The lowest BCUT2D eigenvalue weighted by Gasteiger charge is -2.20. The van der Waals surface area contributed by atoms with Crippen LogP contribution in [0, 0.1) is 0 Å². The third kappa shape index (κ3) is 1.68. The molecule has 1 aliphatic heterocycles. The Kier molecular flexibility index (Phi) is 2.36. The molecule has 6 heteroatoms. The average Bonchev–Trinajstić information content (AvgIpc) is 2.13. The zero-order valence-electron chi connectivity index (χ0n) is 7.75. The van der Waals surface area contributed by atoms with Gasteiger partial charge in [0.2, 0.25) is 5.03 Å². The molecule has 3 amide bonds. The van der Waals surface area contributed by atoms with Crippen molar-refractivity contribution in [3.05, 3.63) is 10.7 Å². The van der Waals surface area contributed by atoms with E-state index in [0.717, 1.165) is 11.8 Å². The van der Waals surface area contributed by atoms with Gasteiger partial charge in [-0.1, -0.05) is 0 Å². The SMILES string of the molecule is CC1=C(SC(N)=O)[N+](C)(C)C(=O)N1. The minimum Gasteiger partial charge on any atom is -0.360 e. The van der Waals surface area contributed by atoms with E-state index in [1.807, 2.05) is 0 Å². The molecule has 3 N–H and O–H groups in total. The summed E-state index contributed by atoms with van der Waals surface area (Å²) >= 11 is 0.888. The molecule has 1 heterocycles. The second-order valence-electron chi connectivity index (χ2n) is 3.23. The fourth-order valence-electron chi connectivity index (χ4n) is 1.15. The van der Waals surface area contributed by atoms with Crippen LogP contribution in [0.2, 0.25) is 0 Å². The summed E-state index contributed by atoms with van der Waals surface area (Å²) in [4.78, 5) is 22.0. The van der Waals surface area contributed by atoms with E-state index in [4.69, 9.17) is 5.73 Å². The second kappa shape index (κ2) is 3.04. The Morgan fingerprint density at radius 2 is 2.08 bits per heavy atom. The molecule has 1 rings (SSSR count). The Bertz CT molecular complexity index is 309. The Hall–Kier alpha value is -1.01. The molecule has 0 bridgehead atoms. The molecule has 0 saturated carbocycles. The number of carbonyl (C=O) groups excluding carboxylic acids is 2. The third-order valence-corrected chi connectivity index (χ3v) is 2.99. The Balaban J connectivity index is 2.99. The number of hydrogen-bond donors (Lipinski definition) is 2. The number of carbonyl (C=O) groups is 2. The summed E-state index contributed by atoms with van der Waals surface area (Å²) in [6, 6.07) is -0.152. The van der Waals surface area contributed by atoms with Gasteiger partial charge < -0.3 is 5.73 Å². The number of thioether (sulfide) groups is 1. The molecule has 0 saturated heterocycles. The molecule has 5 nitrogen and oxygen atoms in total. The van der Waals surface area contributed by atoms with Crippen LogP contribution in [0.1, 0.15) is 6.92 Å². The predicted octanol–water partition coefficient (Wildman–Crippen LogP) is 0.787. The number of quaternary nitrogens is 1. The Morgan fingerprint density at radius 3 is 2.38 bits per heavy atom. The number of rotatable bonds is 1. The quantitative estimate of drug-likeness (QED) is 0.617. The van der Waals surface area contributed by atoms with Crippen LogP contribution in [0.25, 0.3) is 0 Å². The molecular formula is C7H12N3O2S+. The number of primary amides is 1. The topological polar surface area (TPSA) is 72.2 Å². The summed E-state index contributed by atoms with van der Waals surface area (Å²) in [5.74, 6) is 0. The van der Waals surface area contributed by atoms with E-state index < -0.39 is 5.24 Å². The summed E-state index contributed by atoms with van der Waals surface area (Å²) in [7, 11) is 3.41. The van der Waals surface area contributed by atoms with Gasteiger partial charge in [-0.2, -0.15) is 0 Å². The first-order valence-corrected chi connectivity index (χ1v) is 4.51. The van der Waals surface area contributed by atoms with Gasteiger partial charge in [0.1, 0.15) is 0 Å².